The molecule has 32 heavy (non-hydrogen) atoms. The largest absolute Gasteiger partial charge is 0.493 e. The summed E-state index contributed by atoms with van der Waals surface area (Å²) >= 11 is 5.76. The second-order valence-electron chi connectivity index (χ2n) is 6.77. The summed E-state index contributed by atoms with van der Waals surface area (Å²) in [7, 11) is 1.54. The van der Waals surface area contributed by atoms with E-state index in [1.807, 2.05) is 24.3 Å². The Morgan fingerprint density at radius 3 is 2.72 bits per heavy atom. The number of rotatable bonds is 6. The first-order chi connectivity index (χ1) is 15.4. The van der Waals surface area contributed by atoms with Crippen LogP contribution in [0, 0.1) is 9.39 Å². The van der Waals surface area contributed by atoms with E-state index in [1.165, 1.54) is 19.2 Å². The third kappa shape index (κ3) is 5.02. The van der Waals surface area contributed by atoms with E-state index in [0.717, 1.165) is 9.13 Å². The number of hydrogen-bond donors (Lipinski definition) is 0. The lowest BCUT2D eigenvalue weighted by Crippen LogP contribution is -2.07. The first-order valence-corrected chi connectivity index (χ1v) is 11.3. The quantitative estimate of drug-likeness (QED) is 0.192. The number of ether oxygens (including phenoxy) is 3. The minimum atomic E-state index is -0.655. The molecule has 0 aromatic heterocycles. The van der Waals surface area contributed by atoms with E-state index in [0.29, 0.717) is 28.1 Å². The number of aliphatic imine (C=N–C) groups is 1. The summed E-state index contributed by atoms with van der Waals surface area (Å²) in [5.41, 5.74) is 1.86. The summed E-state index contributed by atoms with van der Waals surface area (Å²) in [6, 6.07) is 17.5. The number of benzene rings is 3. The monoisotopic (exact) mass is 607 g/mol. The highest BCUT2D eigenvalue weighted by Crippen LogP contribution is 2.38. The minimum absolute atomic E-state index is 0.0599. The lowest BCUT2D eigenvalue weighted by atomic mass is 10.1. The van der Waals surface area contributed by atoms with Crippen LogP contribution in [0.4, 0.5) is 4.39 Å². The standard InChI is InChI=1S/C24H16BrFINO4/c1-30-21-12-15(10-18(25)22(21)31-13-14-5-4-6-16(27)9-14)11-20-24(29)32-23(28-20)17-7-2-3-8-19(17)26/h2-12H,13H2,1H3/b20-11-. The zero-order valence-corrected chi connectivity index (χ0v) is 20.5. The fourth-order valence-corrected chi connectivity index (χ4v) is 4.24. The molecule has 0 fully saturated rings. The van der Waals surface area contributed by atoms with Gasteiger partial charge in [-0.2, -0.15) is 0 Å². The van der Waals surface area contributed by atoms with Crippen molar-refractivity contribution >= 4 is 56.5 Å². The molecule has 1 aliphatic rings. The van der Waals surface area contributed by atoms with Crippen molar-refractivity contribution in [1.82, 2.24) is 0 Å². The number of halogens is 3. The van der Waals surface area contributed by atoms with Crippen LogP contribution in [0.3, 0.4) is 0 Å². The smallest absolute Gasteiger partial charge is 0.363 e. The van der Waals surface area contributed by atoms with E-state index >= 15 is 0 Å². The van der Waals surface area contributed by atoms with Gasteiger partial charge >= 0.3 is 5.97 Å². The van der Waals surface area contributed by atoms with Crippen molar-refractivity contribution in [2.24, 2.45) is 4.99 Å². The van der Waals surface area contributed by atoms with Crippen LogP contribution in [0.5, 0.6) is 11.5 Å². The number of cyclic esters (lactones) is 1. The van der Waals surface area contributed by atoms with Crippen molar-refractivity contribution < 1.29 is 23.4 Å². The molecule has 3 aromatic carbocycles. The molecule has 0 unspecified atom stereocenters. The Kier molecular flexibility index (Phi) is 6.90. The minimum Gasteiger partial charge on any atom is -0.493 e. The average molecular weight is 608 g/mol. The van der Waals surface area contributed by atoms with E-state index in [2.05, 4.69) is 43.5 Å². The summed E-state index contributed by atoms with van der Waals surface area (Å²) in [4.78, 5) is 16.4. The van der Waals surface area contributed by atoms with Gasteiger partial charge in [-0.15, -0.1) is 0 Å². The van der Waals surface area contributed by atoms with Crippen molar-refractivity contribution in [3.05, 3.63) is 96.9 Å². The van der Waals surface area contributed by atoms with Gasteiger partial charge in [0.2, 0.25) is 5.90 Å². The van der Waals surface area contributed by atoms with E-state index in [9.17, 15) is 9.18 Å². The maximum Gasteiger partial charge on any atom is 0.363 e. The first kappa shape index (κ1) is 22.5. The van der Waals surface area contributed by atoms with Gasteiger partial charge in [-0.25, -0.2) is 14.2 Å². The van der Waals surface area contributed by atoms with Crippen LogP contribution in [-0.4, -0.2) is 19.0 Å². The summed E-state index contributed by atoms with van der Waals surface area (Å²) in [6.07, 6.45) is 1.55. The molecule has 8 heteroatoms. The fourth-order valence-electron chi connectivity index (χ4n) is 3.06. The summed E-state index contributed by atoms with van der Waals surface area (Å²) in [5, 5.41) is 0. The van der Waals surface area contributed by atoms with Gasteiger partial charge in [-0.05, 0) is 92.1 Å². The van der Waals surface area contributed by atoms with Gasteiger partial charge in [-0.3, -0.25) is 0 Å². The van der Waals surface area contributed by atoms with Crippen LogP contribution in [0.15, 0.2) is 75.8 Å². The molecule has 1 aliphatic heterocycles. The van der Waals surface area contributed by atoms with Crippen molar-refractivity contribution in [2.45, 2.75) is 6.61 Å². The highest BCUT2D eigenvalue weighted by molar-refractivity contribution is 14.1. The predicted molar refractivity (Wildman–Crippen MR) is 131 cm³/mol. The molecule has 162 valence electrons. The number of carbonyl (C=O) groups excluding carboxylic acids is 1. The Bertz CT molecular complexity index is 1260. The molecule has 0 bridgehead atoms. The zero-order chi connectivity index (χ0) is 22.7. The third-order valence-electron chi connectivity index (χ3n) is 4.55. The van der Waals surface area contributed by atoms with Crippen LogP contribution >= 0.6 is 38.5 Å². The van der Waals surface area contributed by atoms with Crippen LogP contribution in [0.2, 0.25) is 0 Å². The SMILES string of the molecule is COc1cc(/C=C2\N=C(c3ccccc3F)OC2=O)cc(Br)c1OCc1cccc(I)c1. The van der Waals surface area contributed by atoms with Crippen molar-refractivity contribution in [3.63, 3.8) is 0 Å². The predicted octanol–water partition coefficient (Wildman–Crippen LogP) is 6.12. The van der Waals surface area contributed by atoms with E-state index < -0.39 is 11.8 Å². The number of hydrogen-bond acceptors (Lipinski definition) is 5. The molecular weight excluding hydrogens is 592 g/mol. The van der Waals surface area contributed by atoms with E-state index in [-0.39, 0.29) is 17.2 Å². The van der Waals surface area contributed by atoms with E-state index in [4.69, 9.17) is 14.2 Å². The van der Waals surface area contributed by atoms with Crippen LogP contribution < -0.4 is 9.47 Å². The van der Waals surface area contributed by atoms with Gasteiger partial charge in [0, 0.05) is 3.57 Å². The molecule has 4 rings (SSSR count). The zero-order valence-electron chi connectivity index (χ0n) is 16.8. The van der Waals surface area contributed by atoms with Crippen molar-refractivity contribution in [2.75, 3.05) is 7.11 Å². The normalized spacial score (nSPS) is 14.3. The molecule has 1 heterocycles. The Morgan fingerprint density at radius 2 is 1.97 bits per heavy atom. The number of esters is 1. The Morgan fingerprint density at radius 1 is 1.16 bits per heavy atom. The molecule has 0 amide bonds. The molecule has 5 nitrogen and oxygen atoms in total. The second kappa shape index (κ2) is 9.83. The molecule has 0 saturated carbocycles. The van der Waals surface area contributed by atoms with E-state index in [1.54, 1.807) is 30.3 Å². The number of carbonyl (C=O) groups is 1. The maximum atomic E-state index is 14.0. The molecule has 0 radical (unpaired) electrons. The van der Waals surface area contributed by atoms with Gasteiger partial charge in [0.1, 0.15) is 12.4 Å². The van der Waals surface area contributed by atoms with Crippen LogP contribution in [0.25, 0.3) is 6.08 Å². The van der Waals surface area contributed by atoms with Crippen molar-refractivity contribution in [1.29, 1.82) is 0 Å². The highest BCUT2D eigenvalue weighted by Gasteiger charge is 2.26. The fraction of sp³-hybridized carbons (Fsp3) is 0.0833. The van der Waals surface area contributed by atoms with Gasteiger partial charge in [-0.1, -0.05) is 24.3 Å². The topological polar surface area (TPSA) is 57.1 Å². The molecule has 3 aromatic rings. The average Bonchev–Trinajstić information content (AvgIpc) is 3.13. The number of methoxy groups -OCH3 is 1. The molecule has 0 saturated heterocycles. The van der Waals surface area contributed by atoms with Crippen LogP contribution in [0.1, 0.15) is 16.7 Å². The summed E-state index contributed by atoms with van der Waals surface area (Å²) in [5.74, 6) is -0.209. The molecule has 0 atom stereocenters. The lowest BCUT2D eigenvalue weighted by molar-refractivity contribution is -0.129. The Balaban J connectivity index is 1.60. The van der Waals surface area contributed by atoms with Gasteiger partial charge in [0.15, 0.2) is 17.2 Å². The molecule has 0 spiro atoms. The third-order valence-corrected chi connectivity index (χ3v) is 5.81. The van der Waals surface area contributed by atoms with Crippen LogP contribution in [-0.2, 0) is 16.1 Å². The molecule has 0 aliphatic carbocycles. The van der Waals surface area contributed by atoms with Gasteiger partial charge < -0.3 is 14.2 Å². The molecule has 0 N–H and O–H groups in total. The second-order valence-corrected chi connectivity index (χ2v) is 8.87. The van der Waals surface area contributed by atoms with Crippen molar-refractivity contribution in [3.8, 4) is 11.5 Å². The summed E-state index contributed by atoms with van der Waals surface area (Å²) < 4.78 is 32.4. The highest BCUT2D eigenvalue weighted by atomic mass is 127. The maximum absolute atomic E-state index is 14.0. The lowest BCUT2D eigenvalue weighted by Gasteiger charge is -2.14. The molecular formula is C24H16BrFINO4. The first-order valence-electron chi connectivity index (χ1n) is 9.47. The number of nitrogens with zero attached hydrogens (tertiary/aromatic N) is 1. The van der Waals surface area contributed by atoms with Gasteiger partial charge in [0.05, 0.1) is 17.1 Å². The Labute approximate surface area is 206 Å². The summed E-state index contributed by atoms with van der Waals surface area (Å²) in [6.45, 7) is 0.370. The Hall–Kier alpha value is -2.72. The van der Waals surface area contributed by atoms with Gasteiger partial charge in [0.25, 0.3) is 0 Å².